The molecule has 0 atom stereocenters. The molecule has 0 aliphatic heterocycles. The minimum Gasteiger partial charge on any atom is -0.497 e. The fourth-order valence-electron chi connectivity index (χ4n) is 3.30. The zero-order valence-electron chi connectivity index (χ0n) is 17.9. The monoisotopic (exact) mass is 530 g/mol. The van der Waals surface area contributed by atoms with Crippen LogP contribution in [-0.4, -0.2) is 58.8 Å². The van der Waals surface area contributed by atoms with E-state index in [-0.39, 0.29) is 10.6 Å². The second kappa shape index (κ2) is 9.28. The van der Waals surface area contributed by atoms with E-state index in [0.717, 1.165) is 0 Å². The van der Waals surface area contributed by atoms with Crippen LogP contribution in [0.4, 0.5) is 0 Å². The van der Waals surface area contributed by atoms with Crippen LogP contribution in [0.2, 0.25) is 5.02 Å². The first kappa shape index (κ1) is 23.7. The number of hydrogen-bond donors (Lipinski definition) is 0. The molecule has 0 aliphatic rings. The average Bonchev–Trinajstić information content (AvgIpc) is 2.99. The first-order chi connectivity index (χ1) is 14.6. The Labute approximate surface area is 195 Å². The number of ether oxygens (including phenoxy) is 3. The van der Waals surface area contributed by atoms with Crippen LogP contribution in [0.1, 0.15) is 5.69 Å². The van der Waals surface area contributed by atoms with Gasteiger partial charge in [-0.15, -0.1) is 0 Å². The van der Waals surface area contributed by atoms with Gasteiger partial charge in [-0.25, -0.2) is 12.4 Å². The largest absolute Gasteiger partial charge is 0.497 e. The molecule has 0 saturated carbocycles. The highest BCUT2D eigenvalue weighted by Gasteiger charge is 2.30. The number of halogens is 2. The van der Waals surface area contributed by atoms with Crippen LogP contribution in [-0.2, 0) is 10.0 Å². The van der Waals surface area contributed by atoms with Gasteiger partial charge in [0.15, 0.2) is 0 Å². The zero-order chi connectivity index (χ0) is 22.9. The molecule has 0 spiro atoms. The van der Waals surface area contributed by atoms with Crippen molar-refractivity contribution in [3.8, 4) is 17.2 Å². The van der Waals surface area contributed by atoms with Gasteiger partial charge in [0.2, 0.25) is 0 Å². The summed E-state index contributed by atoms with van der Waals surface area (Å²) in [5.41, 5.74) is 0.884. The second-order valence-electron chi connectivity index (χ2n) is 7.14. The van der Waals surface area contributed by atoms with Crippen molar-refractivity contribution >= 4 is 48.5 Å². The SMILES string of the molecule is COc1ccc(S(=O)(=O)n2c(C)c(OCCN(C)C)c3cc(Cl)cc(Br)c32)c(OC)c1. The molecule has 3 aromatic rings. The lowest BCUT2D eigenvalue weighted by molar-refractivity contribution is 0.262. The van der Waals surface area contributed by atoms with Crippen LogP contribution >= 0.6 is 27.5 Å². The van der Waals surface area contributed by atoms with Gasteiger partial charge in [-0.05, 0) is 61.2 Å². The van der Waals surface area contributed by atoms with Crippen LogP contribution in [0.25, 0.3) is 10.9 Å². The summed E-state index contributed by atoms with van der Waals surface area (Å²) < 4.78 is 46.0. The van der Waals surface area contributed by atoms with E-state index in [1.807, 2.05) is 19.0 Å². The summed E-state index contributed by atoms with van der Waals surface area (Å²) >= 11 is 9.74. The molecule has 3 rings (SSSR count). The van der Waals surface area contributed by atoms with E-state index in [0.29, 0.717) is 50.7 Å². The number of aromatic nitrogens is 1. The molecule has 0 aliphatic carbocycles. The van der Waals surface area contributed by atoms with Crippen molar-refractivity contribution in [3.05, 3.63) is 45.5 Å². The Morgan fingerprint density at radius 2 is 1.84 bits per heavy atom. The highest BCUT2D eigenvalue weighted by atomic mass is 79.9. The number of fused-ring (bicyclic) bond motifs is 1. The molecule has 0 radical (unpaired) electrons. The normalized spacial score (nSPS) is 11.9. The van der Waals surface area contributed by atoms with E-state index in [1.54, 1.807) is 25.1 Å². The first-order valence-corrected chi connectivity index (χ1v) is 12.0. The summed E-state index contributed by atoms with van der Waals surface area (Å²) in [6.07, 6.45) is 0. The molecule has 31 heavy (non-hydrogen) atoms. The summed E-state index contributed by atoms with van der Waals surface area (Å²) in [4.78, 5) is 1.99. The average molecular weight is 532 g/mol. The van der Waals surface area contributed by atoms with E-state index >= 15 is 0 Å². The van der Waals surface area contributed by atoms with E-state index in [1.165, 1.54) is 30.3 Å². The molecule has 2 aromatic carbocycles. The van der Waals surface area contributed by atoms with Gasteiger partial charge >= 0.3 is 0 Å². The number of rotatable bonds is 8. The molecular formula is C21H24BrClN2O5S. The van der Waals surface area contributed by atoms with Gasteiger partial charge in [0.1, 0.15) is 28.8 Å². The lowest BCUT2D eigenvalue weighted by Crippen LogP contribution is -2.20. The van der Waals surface area contributed by atoms with Crippen molar-refractivity contribution in [1.82, 2.24) is 8.87 Å². The summed E-state index contributed by atoms with van der Waals surface area (Å²) in [6.45, 7) is 2.77. The Hall–Kier alpha value is -1.94. The lowest BCUT2D eigenvalue weighted by atomic mass is 10.2. The molecular weight excluding hydrogens is 508 g/mol. The van der Waals surface area contributed by atoms with E-state index < -0.39 is 10.0 Å². The molecule has 1 aromatic heterocycles. The van der Waals surface area contributed by atoms with Crippen molar-refractivity contribution in [2.24, 2.45) is 0 Å². The predicted octanol–water partition coefficient (Wildman–Crippen LogP) is 4.56. The highest BCUT2D eigenvalue weighted by molar-refractivity contribution is 9.10. The minimum absolute atomic E-state index is 0.0116. The molecule has 0 N–H and O–H groups in total. The Morgan fingerprint density at radius 3 is 2.45 bits per heavy atom. The molecule has 0 amide bonds. The van der Waals surface area contributed by atoms with Gasteiger partial charge in [0, 0.05) is 27.5 Å². The lowest BCUT2D eigenvalue weighted by Gasteiger charge is -2.15. The van der Waals surface area contributed by atoms with Gasteiger partial charge in [-0.3, -0.25) is 0 Å². The molecule has 0 saturated heterocycles. The molecule has 168 valence electrons. The molecule has 1 heterocycles. The number of hydrogen-bond acceptors (Lipinski definition) is 6. The molecule has 0 fully saturated rings. The van der Waals surface area contributed by atoms with Gasteiger partial charge in [-0.1, -0.05) is 11.6 Å². The van der Waals surface area contributed by atoms with Crippen LogP contribution in [0.5, 0.6) is 17.2 Å². The molecule has 10 heteroatoms. The number of likely N-dealkylation sites (N-methyl/N-ethyl adjacent to an activating group) is 1. The standard InChI is InChI=1S/C21H24BrClN2O5S/c1-13-21(30-9-8-24(2)3)16-10-14(23)11-17(22)20(16)25(13)31(26,27)19-7-6-15(28-4)12-18(19)29-5/h6-7,10-12H,8-9H2,1-5H3. The van der Waals surface area contributed by atoms with Crippen molar-refractivity contribution in [2.75, 3.05) is 41.5 Å². The summed E-state index contributed by atoms with van der Waals surface area (Å²) in [7, 11) is 2.75. The number of methoxy groups -OCH3 is 2. The maximum absolute atomic E-state index is 13.8. The third kappa shape index (κ3) is 4.50. The summed E-state index contributed by atoms with van der Waals surface area (Å²) in [5, 5.41) is 1.07. The van der Waals surface area contributed by atoms with Crippen molar-refractivity contribution in [3.63, 3.8) is 0 Å². The maximum atomic E-state index is 13.8. The third-order valence-electron chi connectivity index (χ3n) is 4.78. The smallest absolute Gasteiger partial charge is 0.272 e. The summed E-state index contributed by atoms with van der Waals surface area (Å²) in [5.74, 6) is 1.14. The predicted molar refractivity (Wildman–Crippen MR) is 126 cm³/mol. The second-order valence-corrected chi connectivity index (χ2v) is 10.2. The fourth-order valence-corrected chi connectivity index (χ4v) is 6.12. The van der Waals surface area contributed by atoms with Crippen molar-refractivity contribution < 1.29 is 22.6 Å². The molecule has 7 nitrogen and oxygen atoms in total. The molecule has 0 bridgehead atoms. The maximum Gasteiger partial charge on any atom is 0.272 e. The van der Waals surface area contributed by atoms with Crippen LogP contribution in [0.3, 0.4) is 0 Å². The van der Waals surface area contributed by atoms with Crippen molar-refractivity contribution in [2.45, 2.75) is 11.8 Å². The quantitative estimate of drug-likeness (QED) is 0.424. The number of benzene rings is 2. The highest BCUT2D eigenvalue weighted by Crippen LogP contribution is 2.42. The van der Waals surface area contributed by atoms with Gasteiger partial charge in [0.05, 0.1) is 25.4 Å². The number of nitrogens with zero attached hydrogens (tertiary/aromatic N) is 2. The van der Waals surface area contributed by atoms with Crippen LogP contribution in [0.15, 0.2) is 39.7 Å². The molecule has 0 unspecified atom stereocenters. The Kier molecular flexibility index (Phi) is 7.10. The van der Waals surface area contributed by atoms with Crippen LogP contribution in [0, 0.1) is 6.92 Å². The Balaban J connectivity index is 2.28. The first-order valence-electron chi connectivity index (χ1n) is 9.37. The minimum atomic E-state index is -4.05. The Morgan fingerprint density at radius 1 is 1.13 bits per heavy atom. The zero-order valence-corrected chi connectivity index (χ0v) is 21.1. The topological polar surface area (TPSA) is 70.0 Å². The summed E-state index contributed by atoms with van der Waals surface area (Å²) in [6, 6.07) is 7.95. The van der Waals surface area contributed by atoms with Gasteiger partial charge in [-0.2, -0.15) is 0 Å². The Bertz CT molecular complexity index is 1220. The van der Waals surface area contributed by atoms with E-state index in [2.05, 4.69) is 15.9 Å². The van der Waals surface area contributed by atoms with E-state index in [9.17, 15) is 8.42 Å². The fraction of sp³-hybridized carbons (Fsp3) is 0.333. The third-order valence-corrected chi connectivity index (χ3v) is 7.44. The van der Waals surface area contributed by atoms with Gasteiger partial charge < -0.3 is 19.1 Å². The van der Waals surface area contributed by atoms with Crippen LogP contribution < -0.4 is 14.2 Å². The van der Waals surface area contributed by atoms with Crippen molar-refractivity contribution in [1.29, 1.82) is 0 Å². The van der Waals surface area contributed by atoms with Gasteiger partial charge in [0.25, 0.3) is 10.0 Å². The van der Waals surface area contributed by atoms with E-state index in [4.69, 9.17) is 25.8 Å².